The highest BCUT2D eigenvalue weighted by molar-refractivity contribution is 8.27. The number of aromatic nitrogens is 1. The Morgan fingerprint density at radius 3 is 1.93 bits per heavy atom. The van der Waals surface area contributed by atoms with Gasteiger partial charge in [-0.1, -0.05) is 103 Å². The highest BCUT2D eigenvalue weighted by atomic mass is 32.2. The average Bonchev–Trinajstić information content (AvgIpc) is 3.50. The number of hydrogen-bond acceptors (Lipinski definition) is 5. The van der Waals surface area contributed by atoms with Crippen LogP contribution >= 0.6 is 24.0 Å². The number of non-ortho nitro benzene ring substituents is 1. The van der Waals surface area contributed by atoms with E-state index < -0.39 is 4.92 Å². The van der Waals surface area contributed by atoms with Crippen molar-refractivity contribution in [1.29, 1.82) is 0 Å². The fourth-order valence-electron chi connectivity index (χ4n) is 4.75. The molecule has 5 aromatic rings. The summed E-state index contributed by atoms with van der Waals surface area (Å²) in [4.78, 5) is 26.6. The van der Waals surface area contributed by atoms with Gasteiger partial charge in [-0.3, -0.25) is 19.8 Å². The number of nitro benzene ring substituents is 1. The molecule has 40 heavy (non-hydrogen) atoms. The van der Waals surface area contributed by atoms with E-state index in [-0.39, 0.29) is 11.6 Å². The molecule has 1 amide bonds. The quantitative estimate of drug-likeness (QED) is 0.0909. The molecule has 2 heterocycles. The molecule has 0 saturated carbocycles. The molecule has 8 heteroatoms. The highest BCUT2D eigenvalue weighted by Gasteiger charge is 2.34. The van der Waals surface area contributed by atoms with Crippen molar-refractivity contribution >= 4 is 51.7 Å². The summed E-state index contributed by atoms with van der Waals surface area (Å²) in [5.41, 5.74) is 5.99. The van der Waals surface area contributed by atoms with Crippen LogP contribution in [0.2, 0.25) is 0 Å². The topological polar surface area (TPSA) is 68.4 Å². The van der Waals surface area contributed by atoms with Crippen LogP contribution in [0.4, 0.5) is 11.4 Å². The fraction of sp³-hybridized carbons (Fsp3) is 0. The molecule has 1 fully saturated rings. The van der Waals surface area contributed by atoms with Gasteiger partial charge in [0.1, 0.15) is 0 Å². The number of thioether (sulfide) groups is 1. The lowest BCUT2D eigenvalue weighted by atomic mass is 10.1. The molecular formula is C32H21N3O3S2. The molecule has 1 aliphatic rings. The van der Waals surface area contributed by atoms with Crippen molar-refractivity contribution in [3.8, 4) is 28.2 Å². The molecule has 6 rings (SSSR count). The summed E-state index contributed by atoms with van der Waals surface area (Å²) in [5, 5.41) is 11.4. The Bertz CT molecular complexity index is 1770. The van der Waals surface area contributed by atoms with Crippen LogP contribution in [0.5, 0.6) is 0 Å². The lowest BCUT2D eigenvalue weighted by molar-refractivity contribution is -0.384. The summed E-state index contributed by atoms with van der Waals surface area (Å²) in [6.45, 7) is 0. The number of nitro groups is 1. The molecule has 6 nitrogen and oxygen atoms in total. The predicted octanol–water partition coefficient (Wildman–Crippen LogP) is 8.13. The van der Waals surface area contributed by atoms with E-state index in [2.05, 4.69) is 4.57 Å². The van der Waals surface area contributed by atoms with Crippen molar-refractivity contribution < 1.29 is 9.72 Å². The number of para-hydroxylation sites is 1. The number of carbonyl (C=O) groups excluding carboxylic acids is 1. The number of nitrogens with zero attached hydrogens (tertiary/aromatic N) is 3. The van der Waals surface area contributed by atoms with Gasteiger partial charge in [0.05, 0.1) is 26.9 Å². The third kappa shape index (κ3) is 4.75. The zero-order valence-corrected chi connectivity index (χ0v) is 22.6. The van der Waals surface area contributed by atoms with E-state index in [1.807, 2.05) is 103 Å². The van der Waals surface area contributed by atoms with E-state index in [1.165, 1.54) is 23.9 Å². The first-order chi connectivity index (χ1) is 19.5. The van der Waals surface area contributed by atoms with E-state index >= 15 is 0 Å². The smallest absolute Gasteiger partial charge is 0.270 e. The standard InChI is InChI=1S/C32H21N3O3S2/c36-31-29(40-32(39)34(31)25-14-8-3-9-15-25)21-24-20-28(22-10-4-1-5-11-22)33(30(24)23-12-6-2-7-13-23)26-16-18-27(19-17-26)35(37)38/h1-21H/b29-21-. The van der Waals surface area contributed by atoms with Crippen LogP contribution in [0.1, 0.15) is 5.56 Å². The number of amides is 1. The van der Waals surface area contributed by atoms with Gasteiger partial charge in [-0.2, -0.15) is 0 Å². The number of benzene rings is 4. The number of hydrogen-bond donors (Lipinski definition) is 0. The Kier molecular flexibility index (Phi) is 6.86. The molecule has 0 atom stereocenters. The number of carbonyl (C=O) groups is 1. The summed E-state index contributed by atoms with van der Waals surface area (Å²) in [5.74, 6) is -0.176. The van der Waals surface area contributed by atoms with Gasteiger partial charge in [0, 0.05) is 23.4 Å². The minimum atomic E-state index is -0.407. The van der Waals surface area contributed by atoms with Gasteiger partial charge in [0.25, 0.3) is 11.6 Å². The first-order valence-corrected chi connectivity index (χ1v) is 13.7. The Balaban J connectivity index is 1.57. The van der Waals surface area contributed by atoms with Crippen LogP contribution < -0.4 is 4.90 Å². The lowest BCUT2D eigenvalue weighted by Crippen LogP contribution is -2.27. The molecule has 1 aromatic heterocycles. The van der Waals surface area contributed by atoms with Gasteiger partial charge in [0.15, 0.2) is 4.32 Å². The first-order valence-electron chi connectivity index (χ1n) is 12.5. The number of anilines is 1. The van der Waals surface area contributed by atoms with Crippen LogP contribution in [0.25, 0.3) is 34.3 Å². The average molecular weight is 560 g/mol. The maximum Gasteiger partial charge on any atom is 0.270 e. The zero-order valence-electron chi connectivity index (χ0n) is 21.0. The molecule has 0 N–H and O–H groups in total. The largest absolute Gasteiger partial charge is 0.309 e. The third-order valence-corrected chi connectivity index (χ3v) is 7.86. The van der Waals surface area contributed by atoms with E-state index in [9.17, 15) is 14.9 Å². The summed E-state index contributed by atoms with van der Waals surface area (Å²) < 4.78 is 2.56. The Hall–Kier alpha value is -4.79. The number of rotatable bonds is 6. The van der Waals surface area contributed by atoms with Gasteiger partial charge >= 0.3 is 0 Å². The summed E-state index contributed by atoms with van der Waals surface area (Å²) >= 11 is 6.88. The summed E-state index contributed by atoms with van der Waals surface area (Å²) in [7, 11) is 0. The number of thiocarbonyl (C=S) groups is 1. The maximum atomic E-state index is 13.6. The Morgan fingerprint density at radius 1 is 0.750 bits per heavy atom. The normalized spacial score (nSPS) is 14.2. The molecule has 194 valence electrons. The molecule has 0 spiro atoms. The summed E-state index contributed by atoms with van der Waals surface area (Å²) in [6, 6.07) is 37.7. The second-order valence-electron chi connectivity index (χ2n) is 9.03. The second-order valence-corrected chi connectivity index (χ2v) is 10.7. The molecule has 0 unspecified atom stereocenters. The van der Waals surface area contributed by atoms with E-state index in [4.69, 9.17) is 12.2 Å². The van der Waals surface area contributed by atoms with Gasteiger partial charge in [-0.05, 0) is 47.5 Å². The lowest BCUT2D eigenvalue weighted by Gasteiger charge is -2.15. The molecule has 0 radical (unpaired) electrons. The Labute approximate surface area is 240 Å². The molecule has 4 aromatic carbocycles. The van der Waals surface area contributed by atoms with Gasteiger partial charge in [0.2, 0.25) is 0 Å². The fourth-order valence-corrected chi connectivity index (χ4v) is 6.04. The van der Waals surface area contributed by atoms with Crippen molar-refractivity contribution in [2.45, 2.75) is 0 Å². The van der Waals surface area contributed by atoms with Crippen LogP contribution in [-0.2, 0) is 4.79 Å². The monoisotopic (exact) mass is 559 g/mol. The molecular weight excluding hydrogens is 539 g/mol. The van der Waals surface area contributed by atoms with Crippen molar-refractivity contribution in [3.63, 3.8) is 0 Å². The van der Waals surface area contributed by atoms with Crippen molar-refractivity contribution in [2.24, 2.45) is 0 Å². The SMILES string of the molecule is O=C1/C(=C/c2cc(-c3ccccc3)n(-c3ccc([N+](=O)[O-])cc3)c2-c2ccccc2)SC(=S)N1c1ccccc1. The molecule has 0 bridgehead atoms. The van der Waals surface area contributed by atoms with Crippen molar-refractivity contribution in [3.05, 3.63) is 142 Å². The molecule has 1 aliphatic heterocycles. The minimum absolute atomic E-state index is 0.0169. The first kappa shape index (κ1) is 25.5. The zero-order chi connectivity index (χ0) is 27.6. The van der Waals surface area contributed by atoms with Crippen LogP contribution in [0.3, 0.4) is 0 Å². The molecule has 0 aliphatic carbocycles. The third-order valence-electron chi connectivity index (χ3n) is 6.56. The second kappa shape index (κ2) is 10.8. The predicted molar refractivity (Wildman–Crippen MR) is 165 cm³/mol. The highest BCUT2D eigenvalue weighted by Crippen LogP contribution is 2.41. The Morgan fingerprint density at radius 2 is 1.32 bits per heavy atom. The summed E-state index contributed by atoms with van der Waals surface area (Å²) in [6.07, 6.45) is 1.89. The van der Waals surface area contributed by atoms with Crippen LogP contribution in [0.15, 0.2) is 126 Å². The van der Waals surface area contributed by atoms with Gasteiger partial charge in [-0.25, -0.2) is 0 Å². The van der Waals surface area contributed by atoms with E-state index in [0.717, 1.165) is 39.5 Å². The van der Waals surface area contributed by atoms with Gasteiger partial charge in [-0.15, -0.1) is 0 Å². The van der Waals surface area contributed by atoms with Crippen LogP contribution in [-0.4, -0.2) is 19.7 Å². The maximum absolute atomic E-state index is 13.6. The minimum Gasteiger partial charge on any atom is -0.309 e. The molecule has 1 saturated heterocycles. The van der Waals surface area contributed by atoms with Gasteiger partial charge < -0.3 is 4.57 Å². The van der Waals surface area contributed by atoms with E-state index in [1.54, 1.807) is 17.0 Å². The van der Waals surface area contributed by atoms with E-state index in [0.29, 0.717) is 9.23 Å². The van der Waals surface area contributed by atoms with Crippen molar-refractivity contribution in [1.82, 2.24) is 4.57 Å². The van der Waals surface area contributed by atoms with Crippen LogP contribution in [0, 0.1) is 10.1 Å². The van der Waals surface area contributed by atoms with Crippen molar-refractivity contribution in [2.75, 3.05) is 4.90 Å².